The molecule has 0 aromatic heterocycles. The highest BCUT2D eigenvalue weighted by molar-refractivity contribution is 5.95. The number of carbonyl (C=O) groups is 5. The number of likely N-dealkylation sites (N-methyl/N-ethyl adjacent to an activating group) is 1. The van der Waals surface area contributed by atoms with Crippen molar-refractivity contribution in [3.8, 4) is 0 Å². The molecule has 13 nitrogen and oxygen atoms in total. The molecule has 0 aromatic rings. The maximum Gasteiger partial charge on any atom is 0.245 e. The summed E-state index contributed by atoms with van der Waals surface area (Å²) in [6.45, 7) is 9.89. The number of nitrogens with one attached hydrogen (secondary N) is 4. The van der Waals surface area contributed by atoms with Crippen molar-refractivity contribution in [3.63, 3.8) is 0 Å². The van der Waals surface area contributed by atoms with Crippen LogP contribution in [0, 0.1) is 5.92 Å². The zero-order valence-electron chi connectivity index (χ0n) is 24.0. The molecule has 1 aliphatic rings. The highest BCUT2D eigenvalue weighted by Gasteiger charge is 2.38. The van der Waals surface area contributed by atoms with E-state index in [1.807, 2.05) is 27.7 Å². The summed E-state index contributed by atoms with van der Waals surface area (Å²) in [7, 11) is 0. The van der Waals surface area contributed by atoms with E-state index in [-0.39, 0.29) is 42.6 Å². The highest BCUT2D eigenvalue weighted by Crippen LogP contribution is 2.20. The van der Waals surface area contributed by atoms with Gasteiger partial charge < -0.3 is 37.6 Å². The maximum atomic E-state index is 13.6. The third-order valence-electron chi connectivity index (χ3n) is 6.81. The van der Waals surface area contributed by atoms with Crippen molar-refractivity contribution < 1.29 is 24.0 Å². The molecule has 0 spiro atoms. The Bertz CT molecular complexity index is 876. The molecule has 0 aromatic carbocycles. The van der Waals surface area contributed by atoms with Crippen molar-refractivity contribution in [2.45, 2.75) is 104 Å². The number of carbonyl (C=O) groups excluding carboxylic acids is 5. The van der Waals surface area contributed by atoms with Crippen molar-refractivity contribution in [1.82, 2.24) is 26.2 Å². The number of nitrogens with zero attached hydrogens (tertiary/aromatic N) is 2. The molecule has 1 fully saturated rings. The highest BCUT2D eigenvalue weighted by atomic mass is 16.2. The lowest BCUT2D eigenvalue weighted by molar-refractivity contribution is -0.142. The van der Waals surface area contributed by atoms with Crippen LogP contribution in [0.3, 0.4) is 0 Å². The summed E-state index contributed by atoms with van der Waals surface area (Å²) < 4.78 is 0. The average Bonchev–Trinajstić information content (AvgIpc) is 3.37. The summed E-state index contributed by atoms with van der Waals surface area (Å²) in [4.78, 5) is 69.9. The Labute approximate surface area is 231 Å². The van der Waals surface area contributed by atoms with Gasteiger partial charge in [0, 0.05) is 26.6 Å². The molecule has 1 aliphatic heterocycles. The van der Waals surface area contributed by atoms with Gasteiger partial charge in [-0.15, -0.1) is 0 Å². The van der Waals surface area contributed by atoms with Gasteiger partial charge in [0.15, 0.2) is 5.96 Å². The van der Waals surface area contributed by atoms with Crippen molar-refractivity contribution in [2.24, 2.45) is 22.4 Å². The van der Waals surface area contributed by atoms with Crippen LogP contribution in [0.5, 0.6) is 0 Å². The molecule has 5 amide bonds. The Kier molecular flexibility index (Phi) is 14.9. The standard InChI is InChI=1S/C26H48N8O5/c1-6-11-18(31-17(5)35)22(36)33-21(16(4)7-2)24(38)32-19(12-9-14-30-26(27)28)25(39)34-15-10-13-20(34)23(37)29-8-3/h16,18-21H,6-15H2,1-5H3,(H,29,37)(H,31,35)(H,32,38)(H,33,36)(H4,27,28,30)/t16-,18-,19-,20-,21+/m0/s1. The SMILES string of the molecule is CCC[C@H](NC(C)=O)C(=O)N[C@@H](C(=O)N[C@@H](CCCN=C(N)N)C(=O)N1CCC[C@H]1C(=O)NCC)[C@@H](C)CC. The fourth-order valence-corrected chi connectivity index (χ4v) is 4.58. The molecule has 39 heavy (non-hydrogen) atoms. The number of aliphatic imine (C=N–C) groups is 1. The van der Waals surface area contributed by atoms with Crippen LogP contribution in [0.1, 0.15) is 79.6 Å². The fraction of sp³-hybridized carbons (Fsp3) is 0.769. The van der Waals surface area contributed by atoms with E-state index in [4.69, 9.17) is 11.5 Å². The van der Waals surface area contributed by atoms with Gasteiger partial charge in [0.2, 0.25) is 29.5 Å². The van der Waals surface area contributed by atoms with Crippen molar-refractivity contribution >= 4 is 35.5 Å². The molecule has 0 radical (unpaired) electrons. The largest absolute Gasteiger partial charge is 0.370 e. The second-order valence-electron chi connectivity index (χ2n) is 10.0. The van der Waals surface area contributed by atoms with E-state index in [9.17, 15) is 24.0 Å². The number of nitrogens with two attached hydrogens (primary N) is 2. The summed E-state index contributed by atoms with van der Waals surface area (Å²) >= 11 is 0. The zero-order valence-corrected chi connectivity index (χ0v) is 24.0. The molecule has 0 aliphatic carbocycles. The van der Waals surface area contributed by atoms with Crippen molar-refractivity contribution in [1.29, 1.82) is 0 Å². The van der Waals surface area contributed by atoms with Crippen LogP contribution in [-0.2, 0) is 24.0 Å². The topological polar surface area (TPSA) is 201 Å². The van der Waals surface area contributed by atoms with Gasteiger partial charge in [0.1, 0.15) is 24.2 Å². The molecule has 1 heterocycles. The van der Waals surface area contributed by atoms with Crippen molar-refractivity contribution in [2.75, 3.05) is 19.6 Å². The Hall–Kier alpha value is -3.38. The lowest BCUT2D eigenvalue weighted by Crippen LogP contribution is -2.59. The van der Waals surface area contributed by atoms with E-state index < -0.39 is 36.0 Å². The van der Waals surface area contributed by atoms with Gasteiger partial charge in [0.25, 0.3) is 0 Å². The summed E-state index contributed by atoms with van der Waals surface area (Å²) in [6.07, 6.45) is 3.54. The number of amides is 5. The molecule has 5 atom stereocenters. The van der Waals surface area contributed by atoms with E-state index in [0.29, 0.717) is 51.6 Å². The smallest absolute Gasteiger partial charge is 0.245 e. The molecular formula is C26H48N8O5. The van der Waals surface area contributed by atoms with Crippen LogP contribution in [0.2, 0.25) is 0 Å². The monoisotopic (exact) mass is 552 g/mol. The summed E-state index contributed by atoms with van der Waals surface area (Å²) in [6, 6.07) is -3.24. The minimum absolute atomic E-state index is 0.0712. The molecule has 13 heteroatoms. The van der Waals surface area contributed by atoms with Crippen LogP contribution in [0.25, 0.3) is 0 Å². The first kappa shape index (κ1) is 33.6. The zero-order chi connectivity index (χ0) is 29.5. The second kappa shape index (κ2) is 17.3. The van der Waals surface area contributed by atoms with E-state index in [2.05, 4.69) is 26.3 Å². The first-order valence-corrected chi connectivity index (χ1v) is 14.0. The Balaban J connectivity index is 3.16. The van der Waals surface area contributed by atoms with Crippen LogP contribution in [0.4, 0.5) is 0 Å². The van der Waals surface area contributed by atoms with Gasteiger partial charge >= 0.3 is 0 Å². The molecule has 1 saturated heterocycles. The predicted octanol–water partition coefficient (Wildman–Crippen LogP) is -0.512. The number of rotatable bonds is 16. The van der Waals surface area contributed by atoms with E-state index in [1.54, 1.807) is 0 Å². The Morgan fingerprint density at radius 1 is 0.974 bits per heavy atom. The Morgan fingerprint density at radius 3 is 2.23 bits per heavy atom. The average molecular weight is 553 g/mol. The molecular weight excluding hydrogens is 504 g/mol. The van der Waals surface area contributed by atoms with E-state index >= 15 is 0 Å². The minimum atomic E-state index is -0.938. The number of likely N-dealkylation sites (tertiary alicyclic amines) is 1. The van der Waals surface area contributed by atoms with Gasteiger partial charge in [-0.1, -0.05) is 33.6 Å². The van der Waals surface area contributed by atoms with E-state index in [1.165, 1.54) is 11.8 Å². The predicted molar refractivity (Wildman–Crippen MR) is 149 cm³/mol. The minimum Gasteiger partial charge on any atom is -0.370 e. The van der Waals surface area contributed by atoms with Gasteiger partial charge in [-0.2, -0.15) is 0 Å². The third kappa shape index (κ3) is 11.1. The summed E-state index contributed by atoms with van der Waals surface area (Å²) in [5.74, 6) is -2.22. The normalized spacial score (nSPS) is 17.8. The number of hydrogen-bond acceptors (Lipinski definition) is 6. The summed E-state index contributed by atoms with van der Waals surface area (Å²) in [5, 5.41) is 11.0. The molecule has 222 valence electrons. The van der Waals surface area contributed by atoms with Gasteiger partial charge in [-0.05, 0) is 44.9 Å². The second-order valence-corrected chi connectivity index (χ2v) is 10.0. The molecule has 8 N–H and O–H groups in total. The summed E-state index contributed by atoms with van der Waals surface area (Å²) in [5.41, 5.74) is 10.8. The quantitative estimate of drug-likeness (QED) is 0.0840. The van der Waals surface area contributed by atoms with Crippen LogP contribution in [0.15, 0.2) is 4.99 Å². The Morgan fingerprint density at radius 2 is 1.67 bits per heavy atom. The number of guanidine groups is 1. The lowest BCUT2D eigenvalue weighted by atomic mass is 9.96. The molecule has 0 bridgehead atoms. The van der Waals surface area contributed by atoms with E-state index in [0.717, 1.165) is 0 Å². The van der Waals surface area contributed by atoms with Crippen LogP contribution >= 0.6 is 0 Å². The first-order valence-electron chi connectivity index (χ1n) is 14.0. The lowest BCUT2D eigenvalue weighted by Gasteiger charge is -2.31. The van der Waals surface area contributed by atoms with Crippen LogP contribution < -0.4 is 32.7 Å². The van der Waals surface area contributed by atoms with Crippen LogP contribution in [-0.4, -0.2) is 84.2 Å². The third-order valence-corrected chi connectivity index (χ3v) is 6.81. The number of hydrogen-bond donors (Lipinski definition) is 6. The van der Waals surface area contributed by atoms with Gasteiger partial charge in [-0.3, -0.25) is 29.0 Å². The molecule has 1 rings (SSSR count). The molecule has 0 unspecified atom stereocenters. The maximum absolute atomic E-state index is 13.6. The van der Waals surface area contributed by atoms with Gasteiger partial charge in [0.05, 0.1) is 0 Å². The fourth-order valence-electron chi connectivity index (χ4n) is 4.58. The van der Waals surface area contributed by atoms with Gasteiger partial charge in [-0.25, -0.2) is 0 Å². The molecule has 0 saturated carbocycles. The first-order chi connectivity index (χ1) is 18.5. The van der Waals surface area contributed by atoms with Crippen molar-refractivity contribution in [3.05, 3.63) is 0 Å².